The Hall–Kier alpha value is -1.31. The van der Waals surface area contributed by atoms with E-state index in [0.29, 0.717) is 0 Å². The van der Waals surface area contributed by atoms with Gasteiger partial charge in [0, 0.05) is 12.6 Å². The molecule has 62 valence electrons. The van der Waals surface area contributed by atoms with Gasteiger partial charge in [-0.2, -0.15) is 0 Å². The zero-order valence-electron chi connectivity index (χ0n) is 6.84. The van der Waals surface area contributed by atoms with Gasteiger partial charge in [0.05, 0.1) is 0 Å². The predicted molar refractivity (Wildman–Crippen MR) is 47.5 cm³/mol. The molecule has 0 bridgehead atoms. The number of fused-ring (bicyclic) bond motifs is 1. The van der Waals surface area contributed by atoms with E-state index in [2.05, 4.69) is 17.5 Å². The van der Waals surface area contributed by atoms with Crippen LogP contribution in [0.2, 0.25) is 0 Å². The first-order valence-electron chi connectivity index (χ1n) is 4.22. The number of carbonyl (C=O) groups excluding carboxylic acids is 1. The third-order valence-corrected chi connectivity index (χ3v) is 2.15. The van der Waals surface area contributed by atoms with Crippen LogP contribution in [0.1, 0.15) is 12.8 Å². The van der Waals surface area contributed by atoms with Crippen LogP contribution in [-0.4, -0.2) is 12.5 Å². The lowest BCUT2D eigenvalue weighted by molar-refractivity contribution is -0.116. The normalized spacial score (nSPS) is 21.8. The molecular formula is C10H11NO. The maximum absolute atomic E-state index is 11.1. The minimum atomic E-state index is 0.0277. The number of nitrogens with one attached hydrogen (secondary N) is 1. The highest BCUT2D eigenvalue weighted by Gasteiger charge is 2.11. The molecule has 0 saturated carbocycles. The largest absolute Gasteiger partial charge is 0.352 e. The third-order valence-electron chi connectivity index (χ3n) is 2.15. The Morgan fingerprint density at radius 3 is 3.25 bits per heavy atom. The molecule has 0 atom stereocenters. The fraction of sp³-hybridized carbons (Fsp3) is 0.300. The number of allylic oxidation sites excluding steroid dienone is 4. The van der Waals surface area contributed by atoms with Crippen LogP contribution in [0.4, 0.5) is 0 Å². The molecule has 0 fully saturated rings. The van der Waals surface area contributed by atoms with Crippen molar-refractivity contribution in [1.29, 1.82) is 0 Å². The van der Waals surface area contributed by atoms with Crippen LogP contribution in [0.25, 0.3) is 0 Å². The van der Waals surface area contributed by atoms with Crippen molar-refractivity contribution < 1.29 is 4.79 Å². The van der Waals surface area contributed by atoms with Gasteiger partial charge in [0.15, 0.2) is 0 Å². The quantitative estimate of drug-likeness (QED) is 0.570. The summed E-state index contributed by atoms with van der Waals surface area (Å²) in [6.45, 7) is 0.762. The zero-order chi connectivity index (χ0) is 8.39. The summed E-state index contributed by atoms with van der Waals surface area (Å²) in [6.07, 6.45) is 9.93. The summed E-state index contributed by atoms with van der Waals surface area (Å²) < 4.78 is 0. The molecule has 2 heteroatoms. The molecule has 0 aromatic heterocycles. The lowest BCUT2D eigenvalue weighted by Crippen LogP contribution is -2.20. The smallest absolute Gasteiger partial charge is 0.244 e. The molecule has 0 aromatic rings. The fourth-order valence-corrected chi connectivity index (χ4v) is 1.53. The second-order valence-electron chi connectivity index (χ2n) is 3.01. The minimum Gasteiger partial charge on any atom is -0.352 e. The van der Waals surface area contributed by atoms with E-state index in [1.165, 1.54) is 5.57 Å². The van der Waals surface area contributed by atoms with E-state index in [4.69, 9.17) is 0 Å². The molecule has 1 aliphatic heterocycles. The molecule has 0 radical (unpaired) electrons. The van der Waals surface area contributed by atoms with Crippen LogP contribution < -0.4 is 5.32 Å². The molecule has 12 heavy (non-hydrogen) atoms. The number of hydrogen-bond acceptors (Lipinski definition) is 1. The van der Waals surface area contributed by atoms with Crippen molar-refractivity contribution in [2.75, 3.05) is 6.54 Å². The summed E-state index contributed by atoms with van der Waals surface area (Å²) in [6, 6.07) is 0. The first-order chi connectivity index (χ1) is 5.86. The molecule has 0 saturated heterocycles. The van der Waals surface area contributed by atoms with E-state index in [1.54, 1.807) is 6.08 Å². The molecule has 1 amide bonds. The van der Waals surface area contributed by atoms with Crippen molar-refractivity contribution in [2.24, 2.45) is 0 Å². The van der Waals surface area contributed by atoms with Crippen molar-refractivity contribution in [3.05, 3.63) is 35.5 Å². The Labute approximate surface area is 71.7 Å². The first-order valence-corrected chi connectivity index (χ1v) is 4.22. The van der Waals surface area contributed by atoms with E-state index in [0.717, 1.165) is 25.0 Å². The second kappa shape index (κ2) is 2.97. The van der Waals surface area contributed by atoms with Crippen molar-refractivity contribution in [3.63, 3.8) is 0 Å². The molecule has 1 aliphatic carbocycles. The topological polar surface area (TPSA) is 29.1 Å². The van der Waals surface area contributed by atoms with Gasteiger partial charge in [-0.25, -0.2) is 0 Å². The van der Waals surface area contributed by atoms with Crippen LogP contribution in [0, 0.1) is 0 Å². The van der Waals surface area contributed by atoms with Crippen LogP contribution >= 0.6 is 0 Å². The van der Waals surface area contributed by atoms with Gasteiger partial charge in [0.1, 0.15) is 0 Å². The maximum Gasteiger partial charge on any atom is 0.244 e. The van der Waals surface area contributed by atoms with Crippen LogP contribution in [-0.2, 0) is 4.79 Å². The number of amides is 1. The van der Waals surface area contributed by atoms with Crippen molar-refractivity contribution >= 4 is 5.91 Å². The van der Waals surface area contributed by atoms with Gasteiger partial charge in [-0.15, -0.1) is 0 Å². The van der Waals surface area contributed by atoms with E-state index in [9.17, 15) is 4.79 Å². The van der Waals surface area contributed by atoms with E-state index in [1.807, 2.05) is 6.08 Å². The summed E-state index contributed by atoms with van der Waals surface area (Å²) in [4.78, 5) is 11.1. The SMILES string of the molecule is O=C1C=C2C=CCC=C2CCN1. The standard InChI is InChI=1S/C10H11NO/c12-10-7-9-4-2-1-3-8(9)5-6-11-10/h2-4,7H,1,5-6H2,(H,11,12). The highest BCUT2D eigenvalue weighted by molar-refractivity contribution is 5.90. The fourth-order valence-electron chi connectivity index (χ4n) is 1.53. The molecule has 2 aliphatic rings. The molecule has 2 rings (SSSR count). The van der Waals surface area contributed by atoms with E-state index in [-0.39, 0.29) is 5.91 Å². The number of carbonyl (C=O) groups is 1. The average Bonchev–Trinajstić information content (AvgIpc) is 2.25. The molecule has 0 unspecified atom stereocenters. The second-order valence-corrected chi connectivity index (χ2v) is 3.01. The molecule has 1 N–H and O–H groups in total. The third kappa shape index (κ3) is 1.33. The van der Waals surface area contributed by atoms with Gasteiger partial charge in [0.25, 0.3) is 0 Å². The van der Waals surface area contributed by atoms with E-state index < -0.39 is 0 Å². The maximum atomic E-state index is 11.1. The molecule has 1 heterocycles. The lowest BCUT2D eigenvalue weighted by atomic mass is 9.97. The predicted octanol–water partition coefficient (Wildman–Crippen LogP) is 1.32. The van der Waals surface area contributed by atoms with Gasteiger partial charge in [-0.05, 0) is 24.0 Å². The van der Waals surface area contributed by atoms with Crippen LogP contribution in [0.3, 0.4) is 0 Å². The molecule has 0 spiro atoms. The highest BCUT2D eigenvalue weighted by atomic mass is 16.1. The Kier molecular flexibility index (Phi) is 1.82. The Bertz CT molecular complexity index is 297. The first kappa shape index (κ1) is 7.35. The summed E-state index contributed by atoms with van der Waals surface area (Å²) >= 11 is 0. The Morgan fingerprint density at radius 2 is 2.33 bits per heavy atom. The van der Waals surface area contributed by atoms with Crippen molar-refractivity contribution in [2.45, 2.75) is 12.8 Å². The van der Waals surface area contributed by atoms with Crippen LogP contribution in [0.5, 0.6) is 0 Å². The summed E-state index contributed by atoms with van der Waals surface area (Å²) in [5.74, 6) is 0.0277. The molecular weight excluding hydrogens is 150 g/mol. The van der Waals surface area contributed by atoms with Gasteiger partial charge >= 0.3 is 0 Å². The van der Waals surface area contributed by atoms with Crippen molar-refractivity contribution in [1.82, 2.24) is 5.32 Å². The zero-order valence-corrected chi connectivity index (χ0v) is 6.84. The van der Waals surface area contributed by atoms with Gasteiger partial charge < -0.3 is 5.32 Å². The van der Waals surface area contributed by atoms with Gasteiger partial charge in [-0.1, -0.05) is 18.2 Å². The van der Waals surface area contributed by atoms with Gasteiger partial charge in [0.2, 0.25) is 5.91 Å². The summed E-state index contributed by atoms with van der Waals surface area (Å²) in [7, 11) is 0. The average molecular weight is 161 g/mol. The van der Waals surface area contributed by atoms with Crippen molar-refractivity contribution in [3.8, 4) is 0 Å². The monoisotopic (exact) mass is 161 g/mol. The number of rotatable bonds is 0. The molecule has 2 nitrogen and oxygen atoms in total. The minimum absolute atomic E-state index is 0.0277. The number of hydrogen-bond donors (Lipinski definition) is 1. The van der Waals surface area contributed by atoms with E-state index >= 15 is 0 Å². The summed E-state index contributed by atoms with van der Waals surface area (Å²) in [5.41, 5.74) is 2.38. The highest BCUT2D eigenvalue weighted by Crippen LogP contribution is 2.21. The summed E-state index contributed by atoms with van der Waals surface area (Å²) in [5, 5.41) is 2.81. The van der Waals surface area contributed by atoms with Crippen LogP contribution in [0.15, 0.2) is 35.5 Å². The Morgan fingerprint density at radius 1 is 1.42 bits per heavy atom. The lowest BCUT2D eigenvalue weighted by Gasteiger charge is -2.08. The van der Waals surface area contributed by atoms with Gasteiger partial charge in [-0.3, -0.25) is 4.79 Å². The Balaban J connectivity index is 2.34. The molecule has 0 aromatic carbocycles.